The molecular formula is C11H15NO6S2. The molecule has 7 nitrogen and oxygen atoms in total. The minimum Gasteiger partial charge on any atom is -0.480 e. The molecule has 0 radical (unpaired) electrons. The fourth-order valence-corrected chi connectivity index (χ4v) is 3.92. The molecule has 0 saturated heterocycles. The van der Waals surface area contributed by atoms with Crippen LogP contribution in [0, 0.1) is 6.92 Å². The number of thiophene rings is 1. The van der Waals surface area contributed by atoms with Gasteiger partial charge in [0.25, 0.3) is 10.0 Å². The van der Waals surface area contributed by atoms with Crippen LogP contribution in [0.2, 0.25) is 0 Å². The number of rotatable bonds is 7. The number of methoxy groups -OCH3 is 1. The van der Waals surface area contributed by atoms with Gasteiger partial charge in [-0.2, -0.15) is 4.72 Å². The molecule has 0 fully saturated rings. The van der Waals surface area contributed by atoms with Gasteiger partial charge in [-0.1, -0.05) is 0 Å². The Bertz CT molecular complexity index is 592. The van der Waals surface area contributed by atoms with Crippen molar-refractivity contribution in [3.63, 3.8) is 0 Å². The summed E-state index contributed by atoms with van der Waals surface area (Å²) in [6.07, 6.45) is -0.356. The van der Waals surface area contributed by atoms with E-state index in [2.05, 4.69) is 9.46 Å². The summed E-state index contributed by atoms with van der Waals surface area (Å²) in [6, 6.07) is 1.66. The molecule has 0 saturated carbocycles. The van der Waals surface area contributed by atoms with Crippen LogP contribution in [-0.4, -0.2) is 38.6 Å². The first-order valence-corrected chi connectivity index (χ1v) is 7.94. The second kappa shape index (κ2) is 6.82. The van der Waals surface area contributed by atoms with Gasteiger partial charge in [0.1, 0.15) is 10.3 Å². The van der Waals surface area contributed by atoms with Gasteiger partial charge in [-0.05, 0) is 25.5 Å². The first-order valence-electron chi connectivity index (χ1n) is 5.64. The predicted molar refractivity (Wildman–Crippen MR) is 72.1 cm³/mol. The third kappa shape index (κ3) is 4.58. The van der Waals surface area contributed by atoms with E-state index in [4.69, 9.17) is 5.11 Å². The Labute approximate surface area is 120 Å². The van der Waals surface area contributed by atoms with Crippen molar-refractivity contribution < 1.29 is 27.9 Å². The third-order valence-electron chi connectivity index (χ3n) is 2.44. The van der Waals surface area contributed by atoms with Gasteiger partial charge in [0.05, 0.1) is 7.11 Å². The molecule has 0 aromatic carbocycles. The van der Waals surface area contributed by atoms with Crippen molar-refractivity contribution >= 4 is 33.3 Å². The molecule has 0 bridgehead atoms. The van der Waals surface area contributed by atoms with Crippen molar-refractivity contribution in [2.24, 2.45) is 0 Å². The fraction of sp³-hybridized carbons (Fsp3) is 0.455. The van der Waals surface area contributed by atoms with Crippen molar-refractivity contribution in [3.8, 4) is 0 Å². The first kappa shape index (κ1) is 16.6. The Balaban J connectivity index is 2.80. The summed E-state index contributed by atoms with van der Waals surface area (Å²) in [5, 5.41) is 9.00. The zero-order chi connectivity index (χ0) is 15.3. The summed E-state index contributed by atoms with van der Waals surface area (Å²) in [5.41, 5.74) is 0. The van der Waals surface area contributed by atoms with E-state index in [1.165, 1.54) is 13.2 Å². The number of ether oxygens (including phenoxy) is 1. The van der Waals surface area contributed by atoms with E-state index in [1.54, 1.807) is 13.0 Å². The molecule has 0 spiro atoms. The number of hydrogen-bond acceptors (Lipinski definition) is 6. The van der Waals surface area contributed by atoms with E-state index in [0.29, 0.717) is 0 Å². The number of carboxylic acids is 1. The van der Waals surface area contributed by atoms with Crippen LogP contribution in [0.25, 0.3) is 0 Å². The Hall–Kier alpha value is -1.45. The van der Waals surface area contributed by atoms with Gasteiger partial charge >= 0.3 is 11.9 Å². The van der Waals surface area contributed by atoms with Gasteiger partial charge in [-0.15, -0.1) is 11.3 Å². The number of hydrogen-bond donors (Lipinski definition) is 2. The van der Waals surface area contributed by atoms with E-state index < -0.39 is 28.0 Å². The zero-order valence-corrected chi connectivity index (χ0v) is 12.6. The number of aryl methyl sites for hydroxylation is 1. The molecule has 112 valence electrons. The second-order valence-electron chi connectivity index (χ2n) is 3.99. The fourth-order valence-electron chi connectivity index (χ4n) is 1.40. The predicted octanol–water partition coefficient (Wildman–Crippen LogP) is 0.741. The van der Waals surface area contributed by atoms with Gasteiger partial charge < -0.3 is 9.84 Å². The van der Waals surface area contributed by atoms with Gasteiger partial charge in [0.15, 0.2) is 0 Å². The number of carbonyl (C=O) groups excluding carboxylic acids is 1. The molecule has 0 aliphatic heterocycles. The quantitative estimate of drug-likeness (QED) is 0.717. The van der Waals surface area contributed by atoms with E-state index in [-0.39, 0.29) is 17.1 Å². The van der Waals surface area contributed by atoms with E-state index in [0.717, 1.165) is 16.2 Å². The number of esters is 1. The molecule has 1 heterocycles. The normalized spacial score (nSPS) is 12.9. The molecule has 20 heavy (non-hydrogen) atoms. The van der Waals surface area contributed by atoms with Crippen molar-refractivity contribution in [2.75, 3.05) is 7.11 Å². The molecule has 1 rings (SSSR count). The van der Waals surface area contributed by atoms with Crippen LogP contribution < -0.4 is 4.72 Å². The van der Waals surface area contributed by atoms with Crippen LogP contribution in [0.3, 0.4) is 0 Å². The molecule has 0 aliphatic rings. The first-order chi connectivity index (χ1) is 9.26. The average Bonchev–Trinajstić information content (AvgIpc) is 2.81. The maximum atomic E-state index is 12.0. The number of carbonyl (C=O) groups is 2. The number of carboxylic acid groups (broad SMARTS) is 1. The Morgan fingerprint density at radius 2 is 2.10 bits per heavy atom. The summed E-state index contributed by atoms with van der Waals surface area (Å²) < 4.78 is 30.5. The highest BCUT2D eigenvalue weighted by Crippen LogP contribution is 2.21. The van der Waals surface area contributed by atoms with Crippen LogP contribution in [0.5, 0.6) is 0 Å². The van der Waals surface area contributed by atoms with Crippen LogP contribution in [0.1, 0.15) is 17.7 Å². The van der Waals surface area contributed by atoms with E-state index >= 15 is 0 Å². The van der Waals surface area contributed by atoms with Crippen molar-refractivity contribution in [1.82, 2.24) is 4.72 Å². The smallest absolute Gasteiger partial charge is 0.321 e. The lowest BCUT2D eigenvalue weighted by Gasteiger charge is -2.13. The van der Waals surface area contributed by atoms with Crippen molar-refractivity contribution in [3.05, 3.63) is 17.0 Å². The third-order valence-corrected chi connectivity index (χ3v) is 5.41. The Kier molecular flexibility index (Phi) is 5.66. The highest BCUT2D eigenvalue weighted by atomic mass is 32.2. The lowest BCUT2D eigenvalue weighted by Crippen LogP contribution is -2.40. The monoisotopic (exact) mass is 321 g/mol. The van der Waals surface area contributed by atoms with Gasteiger partial charge in [0.2, 0.25) is 0 Å². The number of aliphatic carboxylic acids is 1. The summed E-state index contributed by atoms with van der Waals surface area (Å²) in [4.78, 5) is 22.8. The van der Waals surface area contributed by atoms with E-state index in [1.807, 2.05) is 0 Å². The van der Waals surface area contributed by atoms with E-state index in [9.17, 15) is 18.0 Å². The number of sulfonamides is 1. The maximum absolute atomic E-state index is 12.0. The molecule has 0 amide bonds. The zero-order valence-electron chi connectivity index (χ0n) is 11.0. The second-order valence-corrected chi connectivity index (χ2v) is 7.22. The average molecular weight is 321 g/mol. The SMILES string of the molecule is COC(=O)CC[C@H](NS(=O)(=O)c1ccc(C)s1)C(=O)O. The lowest BCUT2D eigenvalue weighted by atomic mass is 10.2. The lowest BCUT2D eigenvalue weighted by molar-refractivity contribution is -0.142. The summed E-state index contributed by atoms with van der Waals surface area (Å²) in [5.74, 6) is -1.94. The molecule has 0 unspecified atom stereocenters. The van der Waals surface area contributed by atoms with Crippen molar-refractivity contribution in [2.45, 2.75) is 30.0 Å². The minimum atomic E-state index is -3.90. The molecule has 1 atom stereocenters. The van der Waals surface area contributed by atoms with Gasteiger partial charge in [-0.25, -0.2) is 8.42 Å². The highest BCUT2D eigenvalue weighted by Gasteiger charge is 2.26. The molecule has 1 aromatic heterocycles. The van der Waals surface area contributed by atoms with Gasteiger partial charge in [-0.3, -0.25) is 9.59 Å². The van der Waals surface area contributed by atoms with Crippen molar-refractivity contribution in [1.29, 1.82) is 0 Å². The topological polar surface area (TPSA) is 110 Å². The minimum absolute atomic E-state index is 0.0410. The van der Waals surface area contributed by atoms with Crippen LogP contribution >= 0.6 is 11.3 Å². The van der Waals surface area contributed by atoms with Crippen LogP contribution in [-0.2, 0) is 24.3 Å². The van der Waals surface area contributed by atoms with Crippen LogP contribution in [0.15, 0.2) is 16.3 Å². The largest absolute Gasteiger partial charge is 0.480 e. The molecule has 9 heteroatoms. The molecule has 2 N–H and O–H groups in total. The number of nitrogens with one attached hydrogen (secondary N) is 1. The summed E-state index contributed by atoms with van der Waals surface area (Å²) in [6.45, 7) is 1.75. The molecule has 1 aromatic rings. The summed E-state index contributed by atoms with van der Waals surface area (Å²) >= 11 is 1.04. The molecular weight excluding hydrogens is 306 g/mol. The van der Waals surface area contributed by atoms with Gasteiger partial charge in [0, 0.05) is 11.3 Å². The maximum Gasteiger partial charge on any atom is 0.321 e. The standard InChI is InChI=1S/C11H15NO6S2/c1-7-3-6-10(19-7)20(16,17)12-8(11(14)15)4-5-9(13)18-2/h3,6,8,12H,4-5H2,1-2H3,(H,14,15)/t8-/m0/s1. The highest BCUT2D eigenvalue weighted by molar-refractivity contribution is 7.91. The molecule has 0 aliphatic carbocycles. The Morgan fingerprint density at radius 1 is 1.45 bits per heavy atom. The van der Waals surface area contributed by atoms with Crippen LogP contribution in [0.4, 0.5) is 0 Å². The Morgan fingerprint density at radius 3 is 2.55 bits per heavy atom. The summed E-state index contributed by atoms with van der Waals surface area (Å²) in [7, 11) is -2.73.